The molecule has 2 N–H and O–H groups in total. The van der Waals surface area contributed by atoms with E-state index in [9.17, 15) is 10.0 Å². The fraction of sp³-hybridized carbons (Fsp3) is 0.174. The van der Waals surface area contributed by atoms with E-state index in [1.165, 1.54) is 0 Å². The van der Waals surface area contributed by atoms with Crippen molar-refractivity contribution < 1.29 is 19.5 Å². The number of hydroxylamine groups is 2. The molecule has 1 aliphatic rings. The molecule has 0 aliphatic carbocycles. The van der Waals surface area contributed by atoms with E-state index in [0.29, 0.717) is 23.6 Å². The summed E-state index contributed by atoms with van der Waals surface area (Å²) in [6.07, 6.45) is -0.708. The molecule has 0 bridgehead atoms. The second kappa shape index (κ2) is 7.85. The molecule has 0 radical (unpaired) electrons. The van der Waals surface area contributed by atoms with Gasteiger partial charge in [0, 0.05) is 11.3 Å². The SMILES string of the molecule is COc1ccc([C@H]2Nc3ccccc3C(=O)N2O)cc1COc1ccccc1C. The Labute approximate surface area is 169 Å². The second-order valence-corrected chi connectivity index (χ2v) is 6.87. The normalized spacial score (nSPS) is 15.5. The first-order valence-electron chi connectivity index (χ1n) is 9.31. The summed E-state index contributed by atoms with van der Waals surface area (Å²) >= 11 is 0. The predicted molar refractivity (Wildman–Crippen MR) is 109 cm³/mol. The highest BCUT2D eigenvalue weighted by Gasteiger charge is 2.32. The highest BCUT2D eigenvalue weighted by molar-refractivity contribution is 6.01. The van der Waals surface area contributed by atoms with Crippen LogP contribution in [0.15, 0.2) is 66.7 Å². The van der Waals surface area contributed by atoms with Gasteiger partial charge in [0.05, 0.1) is 12.7 Å². The van der Waals surface area contributed by atoms with Crippen molar-refractivity contribution >= 4 is 11.6 Å². The molecule has 29 heavy (non-hydrogen) atoms. The van der Waals surface area contributed by atoms with Crippen LogP contribution in [0.2, 0.25) is 0 Å². The van der Waals surface area contributed by atoms with Gasteiger partial charge in [-0.2, -0.15) is 5.06 Å². The zero-order valence-electron chi connectivity index (χ0n) is 16.3. The molecular weight excluding hydrogens is 368 g/mol. The van der Waals surface area contributed by atoms with Crippen LogP contribution in [0.3, 0.4) is 0 Å². The van der Waals surface area contributed by atoms with E-state index in [0.717, 1.165) is 27.5 Å². The van der Waals surface area contributed by atoms with Gasteiger partial charge in [0.1, 0.15) is 18.1 Å². The van der Waals surface area contributed by atoms with Crippen LogP contribution < -0.4 is 14.8 Å². The van der Waals surface area contributed by atoms with Crippen LogP contribution in [-0.2, 0) is 6.61 Å². The summed E-state index contributed by atoms with van der Waals surface area (Å²) in [6.45, 7) is 2.28. The van der Waals surface area contributed by atoms with E-state index in [4.69, 9.17) is 9.47 Å². The number of para-hydroxylation sites is 2. The lowest BCUT2D eigenvalue weighted by molar-refractivity contribution is -0.0851. The maximum absolute atomic E-state index is 12.5. The van der Waals surface area contributed by atoms with Gasteiger partial charge in [-0.05, 0) is 48.4 Å². The van der Waals surface area contributed by atoms with Crippen molar-refractivity contribution in [3.63, 3.8) is 0 Å². The molecule has 0 spiro atoms. The highest BCUT2D eigenvalue weighted by atomic mass is 16.5. The van der Waals surface area contributed by atoms with E-state index < -0.39 is 12.1 Å². The standard InChI is InChI=1S/C23H22N2O4/c1-15-7-3-6-10-20(15)29-14-17-13-16(11-12-21(17)28-2)22-24-19-9-5-4-8-18(19)23(26)25(22)27/h3-13,22,24,27H,14H2,1-2H3/t22-/m0/s1. The van der Waals surface area contributed by atoms with Crippen LogP contribution in [-0.4, -0.2) is 23.3 Å². The van der Waals surface area contributed by atoms with Gasteiger partial charge in [0.15, 0.2) is 6.17 Å². The molecule has 1 aliphatic heterocycles. The van der Waals surface area contributed by atoms with Crippen molar-refractivity contribution in [3.8, 4) is 11.5 Å². The number of carbonyl (C=O) groups excluding carboxylic acids is 1. The number of hydrogen-bond donors (Lipinski definition) is 2. The van der Waals surface area contributed by atoms with E-state index in [1.54, 1.807) is 19.2 Å². The van der Waals surface area contributed by atoms with E-state index in [-0.39, 0.29) is 0 Å². The van der Waals surface area contributed by atoms with E-state index in [2.05, 4.69) is 5.32 Å². The minimum Gasteiger partial charge on any atom is -0.496 e. The fourth-order valence-electron chi connectivity index (χ4n) is 3.42. The number of aryl methyl sites for hydroxylation is 1. The number of methoxy groups -OCH3 is 1. The molecule has 0 fully saturated rings. The zero-order chi connectivity index (χ0) is 20.4. The Balaban J connectivity index is 1.63. The zero-order valence-corrected chi connectivity index (χ0v) is 16.3. The number of nitrogens with zero attached hydrogens (tertiary/aromatic N) is 1. The van der Waals surface area contributed by atoms with Crippen molar-refractivity contribution in [1.29, 1.82) is 0 Å². The molecule has 6 nitrogen and oxygen atoms in total. The number of fused-ring (bicyclic) bond motifs is 1. The molecule has 0 aromatic heterocycles. The van der Waals surface area contributed by atoms with Gasteiger partial charge in [-0.1, -0.05) is 36.4 Å². The molecule has 0 unspecified atom stereocenters. The Kier molecular flexibility index (Phi) is 5.10. The van der Waals surface area contributed by atoms with Crippen molar-refractivity contribution in [2.24, 2.45) is 0 Å². The Morgan fingerprint density at radius 2 is 1.79 bits per heavy atom. The van der Waals surface area contributed by atoms with Gasteiger partial charge in [-0.3, -0.25) is 10.0 Å². The molecule has 1 atom stereocenters. The van der Waals surface area contributed by atoms with Crippen molar-refractivity contribution in [1.82, 2.24) is 5.06 Å². The van der Waals surface area contributed by atoms with Gasteiger partial charge < -0.3 is 14.8 Å². The first-order chi connectivity index (χ1) is 14.1. The van der Waals surface area contributed by atoms with Crippen LogP contribution >= 0.6 is 0 Å². The molecule has 0 saturated heterocycles. The number of carbonyl (C=O) groups is 1. The molecule has 4 rings (SSSR count). The van der Waals surface area contributed by atoms with Gasteiger partial charge in [-0.15, -0.1) is 0 Å². The van der Waals surface area contributed by atoms with Gasteiger partial charge in [-0.25, -0.2) is 0 Å². The quantitative estimate of drug-likeness (QED) is 0.626. The van der Waals surface area contributed by atoms with E-state index in [1.807, 2.05) is 61.5 Å². The maximum Gasteiger partial charge on any atom is 0.281 e. The monoisotopic (exact) mass is 390 g/mol. The minimum absolute atomic E-state index is 0.296. The molecule has 1 heterocycles. The Morgan fingerprint density at radius 3 is 2.59 bits per heavy atom. The molecule has 1 amide bonds. The summed E-state index contributed by atoms with van der Waals surface area (Å²) in [5.41, 5.74) is 3.69. The number of amides is 1. The van der Waals surface area contributed by atoms with Crippen molar-refractivity contribution in [2.75, 3.05) is 12.4 Å². The lowest BCUT2D eigenvalue weighted by Gasteiger charge is -2.33. The summed E-state index contributed by atoms with van der Waals surface area (Å²) in [5.74, 6) is 1.02. The average Bonchev–Trinajstić information content (AvgIpc) is 2.75. The Morgan fingerprint density at radius 1 is 1.03 bits per heavy atom. The van der Waals surface area contributed by atoms with Gasteiger partial charge >= 0.3 is 0 Å². The van der Waals surface area contributed by atoms with Crippen LogP contribution in [0, 0.1) is 6.92 Å². The third-order valence-corrected chi connectivity index (χ3v) is 5.00. The summed E-state index contributed by atoms with van der Waals surface area (Å²) < 4.78 is 11.4. The summed E-state index contributed by atoms with van der Waals surface area (Å²) in [6, 6.07) is 20.4. The number of benzene rings is 3. The van der Waals surface area contributed by atoms with Crippen LogP contribution in [0.25, 0.3) is 0 Å². The van der Waals surface area contributed by atoms with Crippen molar-refractivity contribution in [2.45, 2.75) is 19.7 Å². The smallest absolute Gasteiger partial charge is 0.281 e. The predicted octanol–water partition coefficient (Wildman–Crippen LogP) is 4.54. The topological polar surface area (TPSA) is 71.0 Å². The Bertz CT molecular complexity index is 1050. The van der Waals surface area contributed by atoms with E-state index >= 15 is 0 Å². The first kappa shape index (κ1) is 18.8. The second-order valence-electron chi connectivity index (χ2n) is 6.87. The third-order valence-electron chi connectivity index (χ3n) is 5.00. The highest BCUT2D eigenvalue weighted by Crippen LogP contribution is 2.34. The fourth-order valence-corrected chi connectivity index (χ4v) is 3.42. The molecule has 3 aromatic carbocycles. The Hall–Kier alpha value is -3.51. The maximum atomic E-state index is 12.5. The number of rotatable bonds is 5. The molecule has 3 aromatic rings. The molecular formula is C23H22N2O4. The summed E-state index contributed by atoms with van der Waals surface area (Å²) in [7, 11) is 1.60. The minimum atomic E-state index is -0.708. The first-order valence-corrected chi connectivity index (χ1v) is 9.31. The number of hydrogen-bond acceptors (Lipinski definition) is 5. The molecule has 6 heteroatoms. The number of ether oxygens (including phenoxy) is 2. The molecule has 148 valence electrons. The van der Waals surface area contributed by atoms with Gasteiger partial charge in [0.25, 0.3) is 5.91 Å². The summed E-state index contributed by atoms with van der Waals surface area (Å²) in [5, 5.41) is 14.4. The summed E-state index contributed by atoms with van der Waals surface area (Å²) in [4.78, 5) is 12.5. The van der Waals surface area contributed by atoms with Gasteiger partial charge in [0.2, 0.25) is 0 Å². The lowest BCUT2D eigenvalue weighted by atomic mass is 10.0. The molecule has 0 saturated carbocycles. The number of anilines is 1. The van der Waals surface area contributed by atoms with Crippen LogP contribution in [0.5, 0.6) is 11.5 Å². The third kappa shape index (κ3) is 3.62. The van der Waals surface area contributed by atoms with Crippen molar-refractivity contribution in [3.05, 3.63) is 89.0 Å². The average molecular weight is 390 g/mol. The van der Waals surface area contributed by atoms with Crippen LogP contribution in [0.4, 0.5) is 5.69 Å². The number of nitrogens with one attached hydrogen (secondary N) is 1. The van der Waals surface area contributed by atoms with Crippen LogP contribution in [0.1, 0.15) is 33.2 Å². The largest absolute Gasteiger partial charge is 0.496 e. The lowest BCUT2D eigenvalue weighted by Crippen LogP contribution is -2.40.